The van der Waals surface area contributed by atoms with Gasteiger partial charge in [0.15, 0.2) is 0 Å². The summed E-state index contributed by atoms with van der Waals surface area (Å²) in [5, 5.41) is 11.2. The Balaban J connectivity index is 2.00. The predicted molar refractivity (Wildman–Crippen MR) is 77.0 cm³/mol. The Morgan fingerprint density at radius 1 is 1.36 bits per heavy atom. The summed E-state index contributed by atoms with van der Waals surface area (Å²) in [5.41, 5.74) is 0.670. The second-order valence-electron chi connectivity index (χ2n) is 4.86. The van der Waals surface area contributed by atoms with Gasteiger partial charge in [-0.05, 0) is 29.7 Å². The second-order valence-corrected chi connectivity index (χ2v) is 4.86. The van der Waals surface area contributed by atoms with E-state index < -0.39 is 17.6 Å². The number of benzene rings is 1. The van der Waals surface area contributed by atoms with Crippen LogP contribution in [0.3, 0.4) is 0 Å². The van der Waals surface area contributed by atoms with Crippen LogP contribution in [0.4, 0.5) is 14.6 Å². The Bertz CT molecular complexity index is 723. The number of aromatic nitrogens is 1. The summed E-state index contributed by atoms with van der Waals surface area (Å²) < 4.78 is 26.5. The van der Waals surface area contributed by atoms with Gasteiger partial charge >= 0.3 is 0 Å². The van der Waals surface area contributed by atoms with E-state index in [1.807, 2.05) is 6.07 Å². The fourth-order valence-corrected chi connectivity index (χ4v) is 2.02. The normalized spacial score (nSPS) is 11.5. The molecule has 1 unspecified atom stereocenters. The SMILES string of the molecule is CC(CC(=O)Nc1ccc(C#N)cn1)c1ccc(F)cc1F. The third-order valence-electron chi connectivity index (χ3n) is 3.15. The molecule has 2 rings (SSSR count). The van der Waals surface area contributed by atoms with Crippen LogP contribution in [0.5, 0.6) is 0 Å². The summed E-state index contributed by atoms with van der Waals surface area (Å²) >= 11 is 0. The Labute approximate surface area is 126 Å². The molecule has 0 saturated carbocycles. The van der Waals surface area contributed by atoms with E-state index in [-0.39, 0.29) is 17.9 Å². The third-order valence-corrected chi connectivity index (χ3v) is 3.15. The number of carbonyl (C=O) groups excluding carboxylic acids is 1. The van der Waals surface area contributed by atoms with Gasteiger partial charge in [0, 0.05) is 18.7 Å². The number of anilines is 1. The molecule has 112 valence electrons. The molecule has 1 aromatic carbocycles. The molecule has 0 radical (unpaired) electrons. The van der Waals surface area contributed by atoms with E-state index in [1.54, 1.807) is 6.92 Å². The summed E-state index contributed by atoms with van der Waals surface area (Å²) in [6, 6.07) is 8.27. The van der Waals surface area contributed by atoms with Crippen molar-refractivity contribution in [2.75, 3.05) is 5.32 Å². The van der Waals surface area contributed by atoms with Crippen molar-refractivity contribution in [1.82, 2.24) is 4.98 Å². The Kier molecular flexibility index (Phi) is 4.79. The van der Waals surface area contributed by atoms with Gasteiger partial charge in [-0.3, -0.25) is 4.79 Å². The van der Waals surface area contributed by atoms with Crippen molar-refractivity contribution < 1.29 is 13.6 Å². The van der Waals surface area contributed by atoms with Crippen LogP contribution in [-0.4, -0.2) is 10.9 Å². The molecule has 0 aliphatic carbocycles. The number of pyridine rings is 1. The molecule has 0 aliphatic heterocycles. The van der Waals surface area contributed by atoms with Gasteiger partial charge < -0.3 is 5.32 Å². The second kappa shape index (κ2) is 6.76. The largest absolute Gasteiger partial charge is 0.311 e. The van der Waals surface area contributed by atoms with Crippen molar-refractivity contribution in [3.63, 3.8) is 0 Å². The van der Waals surface area contributed by atoms with E-state index >= 15 is 0 Å². The standard InChI is InChI=1S/C16H13F2N3O/c1-10(13-4-3-12(17)7-14(13)18)6-16(22)21-15-5-2-11(8-19)9-20-15/h2-5,7,9-10H,6H2,1H3,(H,20,21,22). The van der Waals surface area contributed by atoms with Crippen molar-refractivity contribution in [2.45, 2.75) is 19.3 Å². The number of carbonyl (C=O) groups is 1. The van der Waals surface area contributed by atoms with Gasteiger partial charge in [-0.2, -0.15) is 5.26 Å². The summed E-state index contributed by atoms with van der Waals surface area (Å²) in [5.74, 6) is -1.75. The number of amides is 1. The lowest BCUT2D eigenvalue weighted by Crippen LogP contribution is -2.15. The molecule has 1 atom stereocenters. The maximum absolute atomic E-state index is 13.6. The highest BCUT2D eigenvalue weighted by Crippen LogP contribution is 2.23. The van der Waals surface area contributed by atoms with E-state index in [9.17, 15) is 13.6 Å². The van der Waals surface area contributed by atoms with Gasteiger partial charge in [-0.1, -0.05) is 13.0 Å². The summed E-state index contributed by atoms with van der Waals surface area (Å²) in [4.78, 5) is 15.8. The maximum atomic E-state index is 13.6. The summed E-state index contributed by atoms with van der Waals surface area (Å²) in [6.45, 7) is 1.68. The lowest BCUT2D eigenvalue weighted by atomic mass is 9.97. The molecule has 0 aliphatic rings. The van der Waals surface area contributed by atoms with Crippen LogP contribution in [0.25, 0.3) is 0 Å². The molecular formula is C16H13F2N3O. The smallest absolute Gasteiger partial charge is 0.226 e. The van der Waals surface area contributed by atoms with Crippen LogP contribution in [-0.2, 0) is 4.79 Å². The first-order valence-corrected chi connectivity index (χ1v) is 6.60. The van der Waals surface area contributed by atoms with Gasteiger partial charge in [0.05, 0.1) is 5.56 Å². The maximum Gasteiger partial charge on any atom is 0.226 e. The van der Waals surface area contributed by atoms with Gasteiger partial charge in [-0.25, -0.2) is 13.8 Å². The minimum absolute atomic E-state index is 0.0320. The van der Waals surface area contributed by atoms with E-state index in [1.165, 1.54) is 24.4 Å². The van der Waals surface area contributed by atoms with Crippen molar-refractivity contribution >= 4 is 11.7 Å². The third kappa shape index (κ3) is 3.85. The molecule has 1 heterocycles. The summed E-state index contributed by atoms with van der Waals surface area (Å²) in [7, 11) is 0. The van der Waals surface area contributed by atoms with Gasteiger partial charge in [-0.15, -0.1) is 0 Å². The van der Waals surface area contributed by atoms with Crippen molar-refractivity contribution in [3.8, 4) is 6.07 Å². The zero-order valence-corrected chi connectivity index (χ0v) is 11.8. The molecule has 22 heavy (non-hydrogen) atoms. The van der Waals surface area contributed by atoms with Crippen LogP contribution in [0, 0.1) is 23.0 Å². The Morgan fingerprint density at radius 3 is 2.73 bits per heavy atom. The molecular weight excluding hydrogens is 288 g/mol. The number of hydrogen-bond donors (Lipinski definition) is 1. The fourth-order valence-electron chi connectivity index (χ4n) is 2.02. The fraction of sp³-hybridized carbons (Fsp3) is 0.188. The molecule has 2 aromatic rings. The quantitative estimate of drug-likeness (QED) is 0.941. The first-order valence-electron chi connectivity index (χ1n) is 6.60. The predicted octanol–water partition coefficient (Wildman–Crippen LogP) is 3.36. The molecule has 1 N–H and O–H groups in total. The van der Waals surface area contributed by atoms with Crippen LogP contribution >= 0.6 is 0 Å². The Morgan fingerprint density at radius 2 is 2.14 bits per heavy atom. The number of nitriles is 1. The number of halogens is 2. The van der Waals surface area contributed by atoms with E-state index in [0.717, 1.165) is 12.1 Å². The average molecular weight is 301 g/mol. The van der Waals surface area contributed by atoms with E-state index in [4.69, 9.17) is 5.26 Å². The summed E-state index contributed by atoms with van der Waals surface area (Å²) in [6.07, 6.45) is 1.38. The topological polar surface area (TPSA) is 65.8 Å². The molecule has 6 heteroatoms. The number of nitrogens with zero attached hydrogens (tertiary/aromatic N) is 2. The van der Waals surface area contributed by atoms with E-state index in [0.29, 0.717) is 11.4 Å². The number of rotatable bonds is 4. The lowest BCUT2D eigenvalue weighted by Gasteiger charge is -2.12. The molecule has 0 spiro atoms. The van der Waals surface area contributed by atoms with Crippen molar-refractivity contribution in [2.24, 2.45) is 0 Å². The van der Waals surface area contributed by atoms with Crippen molar-refractivity contribution in [1.29, 1.82) is 5.26 Å². The highest BCUT2D eigenvalue weighted by molar-refractivity contribution is 5.90. The van der Waals surface area contributed by atoms with Gasteiger partial charge in [0.1, 0.15) is 23.5 Å². The molecule has 1 amide bonds. The number of nitrogens with one attached hydrogen (secondary N) is 1. The Hall–Kier alpha value is -2.81. The van der Waals surface area contributed by atoms with Crippen LogP contribution in [0.1, 0.15) is 30.4 Å². The van der Waals surface area contributed by atoms with Gasteiger partial charge in [0.2, 0.25) is 5.91 Å². The zero-order valence-electron chi connectivity index (χ0n) is 11.8. The van der Waals surface area contributed by atoms with Crippen LogP contribution in [0.15, 0.2) is 36.5 Å². The monoisotopic (exact) mass is 301 g/mol. The first-order chi connectivity index (χ1) is 10.5. The van der Waals surface area contributed by atoms with Gasteiger partial charge in [0.25, 0.3) is 0 Å². The molecule has 0 bridgehead atoms. The van der Waals surface area contributed by atoms with Crippen molar-refractivity contribution in [3.05, 3.63) is 59.3 Å². The highest BCUT2D eigenvalue weighted by Gasteiger charge is 2.16. The average Bonchev–Trinajstić information content (AvgIpc) is 2.47. The van der Waals surface area contributed by atoms with Crippen LogP contribution in [0.2, 0.25) is 0 Å². The molecule has 4 nitrogen and oxygen atoms in total. The highest BCUT2D eigenvalue weighted by atomic mass is 19.1. The zero-order chi connectivity index (χ0) is 16.1. The first kappa shape index (κ1) is 15.6. The van der Waals surface area contributed by atoms with Crippen LogP contribution < -0.4 is 5.32 Å². The molecule has 0 fully saturated rings. The lowest BCUT2D eigenvalue weighted by molar-refractivity contribution is -0.116. The number of hydrogen-bond acceptors (Lipinski definition) is 3. The van der Waals surface area contributed by atoms with E-state index in [2.05, 4.69) is 10.3 Å². The minimum atomic E-state index is -0.670. The molecule has 1 aromatic heterocycles. The molecule has 0 saturated heterocycles. The minimum Gasteiger partial charge on any atom is -0.311 e.